The number of anilines is 2. The lowest BCUT2D eigenvalue weighted by Crippen LogP contribution is -2.50. The standard InChI is InChI=1S/C23H27N3O4S/c1-15-5-6-16(2)20(11-15)25-7-9-26(10-8-25)23(31)24-19-13-17(21(27)29-3)12-18(14-19)22(28)30-4/h5-6,11-14H,7-10H2,1-4H3,(H,24,31). The fourth-order valence-electron chi connectivity index (χ4n) is 3.58. The highest BCUT2D eigenvalue weighted by atomic mass is 32.1. The second kappa shape index (κ2) is 9.78. The number of thiocarbonyl (C=S) groups is 1. The highest BCUT2D eigenvalue weighted by Gasteiger charge is 2.21. The summed E-state index contributed by atoms with van der Waals surface area (Å²) in [5.41, 5.74) is 4.78. The van der Waals surface area contributed by atoms with E-state index in [2.05, 4.69) is 47.2 Å². The first-order chi connectivity index (χ1) is 14.8. The van der Waals surface area contributed by atoms with E-state index in [-0.39, 0.29) is 11.1 Å². The minimum Gasteiger partial charge on any atom is -0.465 e. The van der Waals surface area contributed by atoms with E-state index in [0.29, 0.717) is 10.8 Å². The Morgan fingerprint density at radius 3 is 2.03 bits per heavy atom. The lowest BCUT2D eigenvalue weighted by molar-refractivity contribution is 0.0599. The monoisotopic (exact) mass is 441 g/mol. The third-order valence-electron chi connectivity index (χ3n) is 5.30. The van der Waals surface area contributed by atoms with Gasteiger partial charge in [-0.15, -0.1) is 0 Å². The number of hydrogen-bond donors (Lipinski definition) is 1. The zero-order chi connectivity index (χ0) is 22.5. The lowest BCUT2D eigenvalue weighted by Gasteiger charge is -2.38. The second-order valence-electron chi connectivity index (χ2n) is 7.48. The van der Waals surface area contributed by atoms with Crippen molar-refractivity contribution in [3.63, 3.8) is 0 Å². The van der Waals surface area contributed by atoms with E-state index in [1.165, 1.54) is 37.1 Å². The van der Waals surface area contributed by atoms with Crippen LogP contribution in [0.5, 0.6) is 0 Å². The van der Waals surface area contributed by atoms with Crippen molar-refractivity contribution >= 4 is 40.6 Å². The van der Waals surface area contributed by atoms with Crippen molar-refractivity contribution in [1.82, 2.24) is 4.90 Å². The normalized spacial score (nSPS) is 13.5. The molecular weight excluding hydrogens is 414 g/mol. The Morgan fingerprint density at radius 1 is 0.903 bits per heavy atom. The van der Waals surface area contributed by atoms with Crippen LogP contribution < -0.4 is 10.2 Å². The molecule has 8 heteroatoms. The predicted octanol–water partition coefficient (Wildman–Crippen LogP) is 3.40. The van der Waals surface area contributed by atoms with Crippen LogP contribution in [0.15, 0.2) is 36.4 Å². The molecule has 0 radical (unpaired) electrons. The number of hydrogen-bond acceptors (Lipinski definition) is 6. The van der Waals surface area contributed by atoms with Gasteiger partial charge in [-0.05, 0) is 61.5 Å². The number of methoxy groups -OCH3 is 2. The van der Waals surface area contributed by atoms with E-state index in [1.54, 1.807) is 12.1 Å². The number of nitrogens with zero attached hydrogens (tertiary/aromatic N) is 2. The Bertz CT molecular complexity index is 966. The first-order valence-electron chi connectivity index (χ1n) is 10.0. The smallest absolute Gasteiger partial charge is 0.337 e. The summed E-state index contributed by atoms with van der Waals surface area (Å²) >= 11 is 5.60. The summed E-state index contributed by atoms with van der Waals surface area (Å²) in [5.74, 6) is -1.08. The summed E-state index contributed by atoms with van der Waals surface area (Å²) in [6.45, 7) is 7.45. The van der Waals surface area contributed by atoms with Gasteiger partial charge in [-0.2, -0.15) is 0 Å². The van der Waals surface area contributed by atoms with Gasteiger partial charge < -0.3 is 24.6 Å². The van der Waals surface area contributed by atoms with Gasteiger partial charge in [-0.25, -0.2) is 9.59 Å². The second-order valence-corrected chi connectivity index (χ2v) is 7.86. The quantitative estimate of drug-likeness (QED) is 0.572. The zero-order valence-corrected chi connectivity index (χ0v) is 19.0. The molecule has 1 fully saturated rings. The van der Waals surface area contributed by atoms with Crippen LogP contribution in [0.25, 0.3) is 0 Å². The zero-order valence-electron chi connectivity index (χ0n) is 18.2. The van der Waals surface area contributed by atoms with Crippen molar-refractivity contribution in [2.45, 2.75) is 13.8 Å². The molecule has 1 saturated heterocycles. The molecule has 0 aliphatic carbocycles. The molecule has 0 spiro atoms. The average Bonchev–Trinajstić information content (AvgIpc) is 2.79. The van der Waals surface area contributed by atoms with Gasteiger partial charge >= 0.3 is 11.9 Å². The van der Waals surface area contributed by atoms with Gasteiger partial charge in [-0.1, -0.05) is 12.1 Å². The molecule has 1 heterocycles. The Hall–Kier alpha value is -3.13. The van der Waals surface area contributed by atoms with E-state index in [1.807, 2.05) is 0 Å². The molecule has 0 atom stereocenters. The Labute approximate surface area is 187 Å². The largest absolute Gasteiger partial charge is 0.465 e. The Kier molecular flexibility index (Phi) is 7.12. The highest BCUT2D eigenvalue weighted by molar-refractivity contribution is 7.80. The van der Waals surface area contributed by atoms with E-state index in [4.69, 9.17) is 21.7 Å². The van der Waals surface area contributed by atoms with Gasteiger partial charge in [0.2, 0.25) is 0 Å². The van der Waals surface area contributed by atoms with Crippen LogP contribution >= 0.6 is 12.2 Å². The van der Waals surface area contributed by atoms with E-state index >= 15 is 0 Å². The molecule has 0 saturated carbocycles. The number of rotatable bonds is 4. The van der Waals surface area contributed by atoms with Crippen LogP contribution in [0.2, 0.25) is 0 Å². The number of esters is 2. The fourth-order valence-corrected chi connectivity index (χ4v) is 3.88. The predicted molar refractivity (Wildman–Crippen MR) is 125 cm³/mol. The van der Waals surface area contributed by atoms with Gasteiger partial charge in [0.25, 0.3) is 0 Å². The maximum absolute atomic E-state index is 12.0. The van der Waals surface area contributed by atoms with Crippen molar-refractivity contribution in [2.75, 3.05) is 50.6 Å². The molecule has 0 bridgehead atoms. The van der Waals surface area contributed by atoms with Crippen LogP contribution in [-0.4, -0.2) is 62.3 Å². The summed E-state index contributed by atoms with van der Waals surface area (Å²) in [6.07, 6.45) is 0. The van der Waals surface area contributed by atoms with Gasteiger partial charge in [0, 0.05) is 37.6 Å². The van der Waals surface area contributed by atoms with E-state index in [0.717, 1.165) is 26.2 Å². The summed E-state index contributed by atoms with van der Waals surface area (Å²) in [4.78, 5) is 28.4. The van der Waals surface area contributed by atoms with Crippen LogP contribution in [-0.2, 0) is 9.47 Å². The van der Waals surface area contributed by atoms with Crippen LogP contribution in [0.3, 0.4) is 0 Å². The summed E-state index contributed by atoms with van der Waals surface area (Å²) < 4.78 is 9.57. The maximum atomic E-state index is 12.0. The molecule has 31 heavy (non-hydrogen) atoms. The number of ether oxygens (including phenoxy) is 2. The van der Waals surface area contributed by atoms with E-state index < -0.39 is 11.9 Å². The first-order valence-corrected chi connectivity index (χ1v) is 10.4. The molecular formula is C23H27N3O4S. The van der Waals surface area contributed by atoms with E-state index in [9.17, 15) is 9.59 Å². The molecule has 0 aromatic heterocycles. The molecule has 7 nitrogen and oxygen atoms in total. The van der Waals surface area contributed by atoms with Gasteiger partial charge in [0.15, 0.2) is 5.11 Å². The SMILES string of the molecule is COC(=O)c1cc(NC(=S)N2CCN(c3cc(C)ccc3C)CC2)cc(C(=O)OC)c1. The van der Waals surface area contributed by atoms with Crippen molar-refractivity contribution in [2.24, 2.45) is 0 Å². The molecule has 0 unspecified atom stereocenters. The summed E-state index contributed by atoms with van der Waals surface area (Å²) in [5, 5.41) is 3.69. The third kappa shape index (κ3) is 5.32. The summed E-state index contributed by atoms with van der Waals surface area (Å²) in [7, 11) is 2.58. The fraction of sp³-hybridized carbons (Fsp3) is 0.348. The number of piperazine rings is 1. The number of nitrogens with one attached hydrogen (secondary N) is 1. The number of carbonyl (C=O) groups is 2. The minimum absolute atomic E-state index is 0.246. The molecule has 164 valence electrons. The number of benzene rings is 2. The molecule has 2 aromatic rings. The van der Waals surface area contributed by atoms with Gasteiger partial charge in [0.05, 0.1) is 25.3 Å². The topological polar surface area (TPSA) is 71.1 Å². The molecule has 1 N–H and O–H groups in total. The average molecular weight is 442 g/mol. The van der Waals surface area contributed by atoms with Gasteiger partial charge in [-0.3, -0.25) is 0 Å². The van der Waals surface area contributed by atoms with Crippen LogP contribution in [0.4, 0.5) is 11.4 Å². The Balaban J connectivity index is 1.70. The summed E-state index contributed by atoms with van der Waals surface area (Å²) in [6, 6.07) is 11.1. The molecule has 0 amide bonds. The van der Waals surface area contributed by atoms with Crippen molar-refractivity contribution in [3.05, 3.63) is 58.7 Å². The highest BCUT2D eigenvalue weighted by Crippen LogP contribution is 2.23. The minimum atomic E-state index is -0.540. The van der Waals surface area contributed by atoms with Crippen molar-refractivity contribution < 1.29 is 19.1 Å². The molecule has 3 rings (SSSR count). The van der Waals surface area contributed by atoms with Crippen LogP contribution in [0, 0.1) is 13.8 Å². The van der Waals surface area contributed by atoms with Gasteiger partial charge in [0.1, 0.15) is 0 Å². The number of aryl methyl sites for hydroxylation is 2. The molecule has 2 aromatic carbocycles. The van der Waals surface area contributed by atoms with Crippen molar-refractivity contribution in [1.29, 1.82) is 0 Å². The first kappa shape index (κ1) is 22.6. The van der Waals surface area contributed by atoms with Crippen molar-refractivity contribution in [3.8, 4) is 0 Å². The molecule has 1 aliphatic rings. The molecule has 1 aliphatic heterocycles. The Morgan fingerprint density at radius 2 is 1.48 bits per heavy atom. The maximum Gasteiger partial charge on any atom is 0.337 e. The third-order valence-corrected chi connectivity index (χ3v) is 5.66. The lowest BCUT2D eigenvalue weighted by atomic mass is 10.1. The number of carbonyl (C=O) groups excluding carboxylic acids is 2. The van der Waals surface area contributed by atoms with Crippen LogP contribution in [0.1, 0.15) is 31.8 Å².